The van der Waals surface area contributed by atoms with Gasteiger partial charge in [-0.05, 0) is 49.2 Å². The Balaban J connectivity index is 1.60. The van der Waals surface area contributed by atoms with Crippen molar-refractivity contribution in [3.8, 4) is 11.5 Å². The summed E-state index contributed by atoms with van der Waals surface area (Å²) in [5.41, 5.74) is 0.618. The number of likely N-dealkylation sites (tertiary alicyclic amines) is 1. The molecular formula is C19H15F2N3O2. The Hall–Kier alpha value is -3.09. The lowest BCUT2D eigenvalue weighted by Crippen LogP contribution is -2.30. The molecule has 132 valence electrons. The van der Waals surface area contributed by atoms with Gasteiger partial charge in [0, 0.05) is 12.1 Å². The van der Waals surface area contributed by atoms with E-state index in [2.05, 4.69) is 10.2 Å². The van der Waals surface area contributed by atoms with Crippen molar-refractivity contribution in [3.63, 3.8) is 0 Å². The number of hydrogen-bond acceptors (Lipinski definition) is 4. The summed E-state index contributed by atoms with van der Waals surface area (Å²) >= 11 is 0. The second kappa shape index (κ2) is 6.67. The van der Waals surface area contributed by atoms with Gasteiger partial charge in [0.15, 0.2) is 0 Å². The second-order valence-corrected chi connectivity index (χ2v) is 6.09. The minimum atomic E-state index is -0.451. The van der Waals surface area contributed by atoms with Crippen molar-refractivity contribution in [2.24, 2.45) is 0 Å². The van der Waals surface area contributed by atoms with Crippen LogP contribution < -0.4 is 0 Å². The largest absolute Gasteiger partial charge is 0.418 e. The number of halogens is 2. The molecule has 7 heteroatoms. The van der Waals surface area contributed by atoms with Crippen molar-refractivity contribution in [2.45, 2.75) is 18.9 Å². The first-order valence-corrected chi connectivity index (χ1v) is 8.28. The van der Waals surface area contributed by atoms with Crippen molar-refractivity contribution in [1.82, 2.24) is 15.1 Å². The average Bonchev–Trinajstić information content (AvgIpc) is 3.31. The number of hydrogen-bond donors (Lipinski definition) is 0. The SMILES string of the molecule is O=C(c1ccc(F)cc1)N1CCCC1c1nnc(-c2ccccc2F)o1. The number of carbonyl (C=O) groups is 1. The van der Waals surface area contributed by atoms with Gasteiger partial charge in [-0.25, -0.2) is 8.78 Å². The molecule has 0 aliphatic carbocycles. The van der Waals surface area contributed by atoms with Gasteiger partial charge in [0.2, 0.25) is 5.89 Å². The Bertz CT molecular complexity index is 940. The number of rotatable bonds is 3. The topological polar surface area (TPSA) is 59.2 Å². The molecule has 2 aromatic carbocycles. The van der Waals surface area contributed by atoms with Gasteiger partial charge in [0.05, 0.1) is 5.56 Å². The second-order valence-electron chi connectivity index (χ2n) is 6.09. The van der Waals surface area contributed by atoms with Crippen molar-refractivity contribution >= 4 is 5.91 Å². The standard InChI is InChI=1S/C19H15F2N3O2/c20-13-9-7-12(8-10-13)19(25)24-11-3-6-16(24)18-23-22-17(26-18)14-4-1-2-5-15(14)21/h1-2,4-5,7-10,16H,3,6,11H2. The zero-order valence-corrected chi connectivity index (χ0v) is 13.7. The highest BCUT2D eigenvalue weighted by Gasteiger charge is 2.34. The molecule has 1 atom stereocenters. The van der Waals surface area contributed by atoms with E-state index in [1.54, 1.807) is 23.1 Å². The number of amides is 1. The summed E-state index contributed by atoms with van der Waals surface area (Å²) in [7, 11) is 0. The van der Waals surface area contributed by atoms with Gasteiger partial charge >= 0.3 is 0 Å². The molecule has 5 nitrogen and oxygen atoms in total. The monoisotopic (exact) mass is 355 g/mol. The van der Waals surface area contributed by atoms with E-state index in [-0.39, 0.29) is 29.3 Å². The number of aromatic nitrogens is 2. The summed E-state index contributed by atoms with van der Waals surface area (Å²) < 4.78 is 32.6. The van der Waals surface area contributed by atoms with Crippen LogP contribution >= 0.6 is 0 Å². The third kappa shape index (κ3) is 2.96. The third-order valence-electron chi connectivity index (χ3n) is 4.43. The number of carbonyl (C=O) groups excluding carboxylic acids is 1. The summed E-state index contributed by atoms with van der Waals surface area (Å²) in [5, 5.41) is 7.94. The molecule has 4 rings (SSSR count). The van der Waals surface area contributed by atoms with Crippen molar-refractivity contribution < 1.29 is 18.0 Å². The molecule has 0 saturated carbocycles. The van der Waals surface area contributed by atoms with Gasteiger partial charge < -0.3 is 9.32 Å². The van der Waals surface area contributed by atoms with E-state index in [4.69, 9.17) is 4.42 Å². The minimum absolute atomic E-state index is 0.0826. The summed E-state index contributed by atoms with van der Waals surface area (Å²) in [6.45, 7) is 0.540. The minimum Gasteiger partial charge on any atom is -0.418 e. The molecule has 1 aromatic heterocycles. The molecular weight excluding hydrogens is 340 g/mol. The van der Waals surface area contributed by atoms with E-state index in [1.165, 1.54) is 30.3 Å². The molecule has 1 aliphatic rings. The van der Waals surface area contributed by atoms with Crippen LogP contribution in [0.15, 0.2) is 52.9 Å². The Labute approximate surface area is 148 Å². The van der Waals surface area contributed by atoms with Crippen molar-refractivity contribution in [3.05, 3.63) is 71.6 Å². The molecule has 1 amide bonds. The van der Waals surface area contributed by atoms with Gasteiger partial charge in [-0.1, -0.05) is 12.1 Å². The van der Waals surface area contributed by atoms with Gasteiger partial charge in [-0.15, -0.1) is 10.2 Å². The maximum Gasteiger partial charge on any atom is 0.254 e. The van der Waals surface area contributed by atoms with Crippen molar-refractivity contribution in [1.29, 1.82) is 0 Å². The maximum absolute atomic E-state index is 13.9. The molecule has 2 heterocycles. The quantitative estimate of drug-likeness (QED) is 0.713. The van der Waals surface area contributed by atoms with Crippen LogP contribution in [0.4, 0.5) is 8.78 Å². The summed E-state index contributed by atoms with van der Waals surface area (Å²) in [5.74, 6) is -0.715. The maximum atomic E-state index is 13.9. The highest BCUT2D eigenvalue weighted by molar-refractivity contribution is 5.94. The van der Waals surface area contributed by atoms with Gasteiger partial charge in [0.25, 0.3) is 11.8 Å². The van der Waals surface area contributed by atoms with E-state index >= 15 is 0 Å². The third-order valence-corrected chi connectivity index (χ3v) is 4.43. The highest BCUT2D eigenvalue weighted by atomic mass is 19.1. The van der Waals surface area contributed by atoms with Crippen LogP contribution in [0.2, 0.25) is 0 Å². The predicted molar refractivity (Wildman–Crippen MR) is 89.1 cm³/mol. The molecule has 0 bridgehead atoms. The lowest BCUT2D eigenvalue weighted by atomic mass is 10.1. The van der Waals surface area contributed by atoms with Crippen LogP contribution in [-0.4, -0.2) is 27.5 Å². The molecule has 0 N–H and O–H groups in total. The summed E-state index contributed by atoms with van der Waals surface area (Å²) in [6, 6.07) is 11.2. The van der Waals surface area contributed by atoms with E-state index < -0.39 is 11.6 Å². The lowest BCUT2D eigenvalue weighted by molar-refractivity contribution is 0.0716. The molecule has 1 fully saturated rings. The van der Waals surface area contributed by atoms with Crippen LogP contribution in [0, 0.1) is 11.6 Å². The van der Waals surface area contributed by atoms with Crippen LogP contribution in [0.3, 0.4) is 0 Å². The fourth-order valence-corrected chi connectivity index (χ4v) is 3.14. The normalized spacial score (nSPS) is 16.8. The zero-order chi connectivity index (χ0) is 18.1. The molecule has 0 radical (unpaired) electrons. The first-order valence-electron chi connectivity index (χ1n) is 8.28. The van der Waals surface area contributed by atoms with Crippen LogP contribution in [0.1, 0.15) is 35.1 Å². The molecule has 1 unspecified atom stereocenters. The summed E-state index contributed by atoms with van der Waals surface area (Å²) in [6.07, 6.45) is 1.46. The van der Waals surface area contributed by atoms with Crippen molar-refractivity contribution in [2.75, 3.05) is 6.54 Å². The van der Waals surface area contributed by atoms with Crippen LogP contribution in [0.25, 0.3) is 11.5 Å². The Kier molecular flexibility index (Phi) is 4.20. The Morgan fingerprint density at radius 3 is 2.62 bits per heavy atom. The van der Waals surface area contributed by atoms with Gasteiger partial charge in [0.1, 0.15) is 17.7 Å². The molecule has 1 aliphatic heterocycles. The summed E-state index contributed by atoms with van der Waals surface area (Å²) in [4.78, 5) is 14.4. The Morgan fingerprint density at radius 1 is 1.08 bits per heavy atom. The van der Waals surface area contributed by atoms with Crippen LogP contribution in [-0.2, 0) is 0 Å². The Morgan fingerprint density at radius 2 is 1.85 bits per heavy atom. The first-order chi connectivity index (χ1) is 12.6. The molecule has 26 heavy (non-hydrogen) atoms. The van der Waals surface area contributed by atoms with Gasteiger partial charge in [-0.3, -0.25) is 4.79 Å². The smallest absolute Gasteiger partial charge is 0.254 e. The molecule has 1 saturated heterocycles. The fourth-order valence-electron chi connectivity index (χ4n) is 3.14. The van der Waals surface area contributed by atoms with Gasteiger partial charge in [-0.2, -0.15) is 0 Å². The van der Waals surface area contributed by atoms with E-state index in [1.807, 2.05) is 0 Å². The number of nitrogens with zero attached hydrogens (tertiary/aromatic N) is 3. The zero-order valence-electron chi connectivity index (χ0n) is 13.7. The van der Waals surface area contributed by atoms with E-state index in [0.717, 1.165) is 6.42 Å². The van der Waals surface area contributed by atoms with E-state index in [0.29, 0.717) is 18.5 Å². The van der Waals surface area contributed by atoms with E-state index in [9.17, 15) is 13.6 Å². The van der Waals surface area contributed by atoms with Crippen LogP contribution in [0.5, 0.6) is 0 Å². The molecule has 0 spiro atoms. The fraction of sp³-hybridized carbons (Fsp3) is 0.211. The first kappa shape index (κ1) is 16.4. The average molecular weight is 355 g/mol. The lowest BCUT2D eigenvalue weighted by Gasteiger charge is -2.22. The number of benzene rings is 2. The molecule has 3 aromatic rings. The predicted octanol–water partition coefficient (Wildman–Crippen LogP) is 3.99. The highest BCUT2D eigenvalue weighted by Crippen LogP contribution is 2.34.